The van der Waals surface area contributed by atoms with Crippen molar-refractivity contribution in [1.29, 1.82) is 0 Å². The van der Waals surface area contributed by atoms with Crippen molar-refractivity contribution in [1.82, 2.24) is 0 Å². The van der Waals surface area contributed by atoms with Crippen LogP contribution >= 0.6 is 23.2 Å². The van der Waals surface area contributed by atoms with Crippen molar-refractivity contribution in [2.45, 2.75) is 4.90 Å². The van der Waals surface area contributed by atoms with Gasteiger partial charge in [0.15, 0.2) is 0 Å². The molecule has 18 heavy (non-hydrogen) atoms. The average molecular weight is 301 g/mol. The summed E-state index contributed by atoms with van der Waals surface area (Å²) in [6.45, 7) is 0. The second kappa shape index (κ2) is 5.18. The van der Waals surface area contributed by atoms with Crippen LogP contribution in [0.2, 0.25) is 10.0 Å². The van der Waals surface area contributed by atoms with Crippen LogP contribution < -0.4 is 4.72 Å². The van der Waals surface area contributed by atoms with E-state index < -0.39 is 10.0 Å². The maximum atomic E-state index is 12.0. The minimum atomic E-state index is -3.63. The molecule has 0 aliphatic carbocycles. The van der Waals surface area contributed by atoms with Crippen molar-refractivity contribution >= 4 is 38.9 Å². The van der Waals surface area contributed by atoms with Crippen LogP contribution in [-0.4, -0.2) is 8.42 Å². The molecule has 0 aromatic heterocycles. The zero-order chi connectivity index (χ0) is 13.2. The summed E-state index contributed by atoms with van der Waals surface area (Å²) in [7, 11) is -3.63. The van der Waals surface area contributed by atoms with Crippen LogP contribution in [0.4, 0.5) is 5.69 Å². The first-order valence-corrected chi connectivity index (χ1v) is 7.16. The third-order valence-corrected chi connectivity index (χ3v) is 3.95. The molecule has 1 radical (unpaired) electrons. The van der Waals surface area contributed by atoms with Crippen molar-refractivity contribution in [3.8, 4) is 0 Å². The van der Waals surface area contributed by atoms with Gasteiger partial charge >= 0.3 is 0 Å². The Hall–Kier alpha value is -1.23. The second-order valence-corrected chi connectivity index (χ2v) is 6.05. The van der Waals surface area contributed by atoms with Crippen LogP contribution in [0.5, 0.6) is 0 Å². The summed E-state index contributed by atoms with van der Waals surface area (Å²) >= 11 is 11.6. The van der Waals surface area contributed by atoms with Crippen LogP contribution in [0.3, 0.4) is 0 Å². The highest BCUT2D eigenvalue weighted by Crippen LogP contribution is 2.24. The summed E-state index contributed by atoms with van der Waals surface area (Å²) in [4.78, 5) is 0.150. The van der Waals surface area contributed by atoms with Gasteiger partial charge in [-0.05, 0) is 36.4 Å². The number of benzene rings is 2. The van der Waals surface area contributed by atoms with Crippen LogP contribution in [0.25, 0.3) is 0 Å². The summed E-state index contributed by atoms with van der Waals surface area (Å²) in [5.74, 6) is 0. The molecule has 6 heteroatoms. The third kappa shape index (κ3) is 3.16. The van der Waals surface area contributed by atoms with Crippen molar-refractivity contribution in [3.05, 3.63) is 58.6 Å². The zero-order valence-corrected chi connectivity index (χ0v) is 11.4. The van der Waals surface area contributed by atoms with Crippen molar-refractivity contribution in [2.75, 3.05) is 4.72 Å². The average Bonchev–Trinajstić information content (AvgIpc) is 2.28. The van der Waals surface area contributed by atoms with Crippen molar-refractivity contribution in [3.63, 3.8) is 0 Å². The molecule has 93 valence electrons. The molecule has 0 aliphatic heterocycles. The van der Waals surface area contributed by atoms with Gasteiger partial charge in [0.1, 0.15) is 0 Å². The number of nitrogens with one attached hydrogen (secondary N) is 1. The fourth-order valence-electron chi connectivity index (χ4n) is 1.38. The Balaban J connectivity index is 2.34. The molecule has 0 unspecified atom stereocenters. The van der Waals surface area contributed by atoms with Crippen molar-refractivity contribution < 1.29 is 8.42 Å². The quantitative estimate of drug-likeness (QED) is 0.941. The molecule has 0 spiro atoms. The highest BCUT2D eigenvalue weighted by atomic mass is 35.5. The summed E-state index contributed by atoms with van der Waals surface area (Å²) < 4.78 is 26.4. The molecule has 0 saturated carbocycles. The van der Waals surface area contributed by atoms with Gasteiger partial charge in [0.05, 0.1) is 10.6 Å². The van der Waals surface area contributed by atoms with Crippen LogP contribution in [0, 0.1) is 6.07 Å². The lowest BCUT2D eigenvalue weighted by molar-refractivity contribution is 0.601. The summed E-state index contributed by atoms with van der Waals surface area (Å²) in [6, 6.07) is 13.2. The number of anilines is 1. The topological polar surface area (TPSA) is 46.2 Å². The van der Waals surface area contributed by atoms with E-state index in [1.165, 1.54) is 42.5 Å². The Morgan fingerprint density at radius 3 is 2.11 bits per heavy atom. The third-order valence-electron chi connectivity index (χ3n) is 2.11. The first kappa shape index (κ1) is 13.2. The molecule has 0 aliphatic rings. The Morgan fingerprint density at radius 2 is 1.56 bits per heavy atom. The molecular formula is C12H8Cl2NO2S. The maximum absolute atomic E-state index is 12.0. The minimum absolute atomic E-state index is 0.150. The highest BCUT2D eigenvalue weighted by molar-refractivity contribution is 7.92. The lowest BCUT2D eigenvalue weighted by Crippen LogP contribution is -2.12. The maximum Gasteiger partial charge on any atom is 0.261 e. The van der Waals surface area contributed by atoms with E-state index in [0.717, 1.165) is 0 Å². The van der Waals surface area contributed by atoms with Crippen LogP contribution in [0.15, 0.2) is 47.4 Å². The van der Waals surface area contributed by atoms with Gasteiger partial charge in [-0.1, -0.05) is 35.3 Å². The fraction of sp³-hybridized carbons (Fsp3) is 0. The molecule has 0 bridgehead atoms. The molecule has 0 fully saturated rings. The smallest absolute Gasteiger partial charge is 0.261 e. The Labute approximate surface area is 115 Å². The Bertz CT molecular complexity index is 637. The molecular weight excluding hydrogens is 293 g/mol. The van der Waals surface area contributed by atoms with E-state index in [2.05, 4.69) is 10.8 Å². The van der Waals surface area contributed by atoms with Gasteiger partial charge in [-0.2, -0.15) is 0 Å². The summed E-state index contributed by atoms with van der Waals surface area (Å²) in [5, 5.41) is 0.725. The first-order chi connectivity index (χ1) is 8.47. The normalized spacial score (nSPS) is 11.2. The van der Waals surface area contributed by atoms with Gasteiger partial charge in [-0.25, -0.2) is 8.42 Å². The van der Waals surface area contributed by atoms with E-state index in [-0.39, 0.29) is 4.90 Å². The summed E-state index contributed by atoms with van der Waals surface area (Å²) in [5.41, 5.74) is 0.320. The standard InChI is InChI=1S/C12H8Cl2NO2S/c13-9-6-10(14)8-11(7-9)15-18(16,17)12-4-2-1-3-5-12/h2-8,15H. The second-order valence-electron chi connectivity index (χ2n) is 3.50. The van der Waals surface area contributed by atoms with Gasteiger partial charge in [0.2, 0.25) is 0 Å². The molecule has 1 N–H and O–H groups in total. The number of rotatable bonds is 3. The molecule has 0 atom stereocenters. The number of halogens is 2. The Kier molecular flexibility index (Phi) is 3.80. The lowest BCUT2D eigenvalue weighted by atomic mass is 10.3. The number of hydrogen-bond acceptors (Lipinski definition) is 2. The van der Waals surface area contributed by atoms with Gasteiger partial charge in [-0.15, -0.1) is 0 Å². The van der Waals surface area contributed by atoms with E-state index >= 15 is 0 Å². The monoisotopic (exact) mass is 300 g/mol. The van der Waals surface area contributed by atoms with Gasteiger partial charge in [0.25, 0.3) is 10.0 Å². The van der Waals surface area contributed by atoms with Gasteiger partial charge < -0.3 is 0 Å². The van der Waals surface area contributed by atoms with Gasteiger partial charge in [-0.3, -0.25) is 4.72 Å². The van der Waals surface area contributed by atoms with E-state index in [9.17, 15) is 8.42 Å². The van der Waals surface area contributed by atoms with E-state index in [0.29, 0.717) is 15.7 Å². The molecule has 2 aromatic carbocycles. The van der Waals surface area contributed by atoms with Crippen LogP contribution in [-0.2, 0) is 10.0 Å². The molecule has 0 saturated heterocycles. The largest absolute Gasteiger partial charge is 0.280 e. The molecule has 0 amide bonds. The Morgan fingerprint density at radius 1 is 1.00 bits per heavy atom. The van der Waals surface area contributed by atoms with E-state index in [4.69, 9.17) is 23.2 Å². The van der Waals surface area contributed by atoms with Gasteiger partial charge in [0, 0.05) is 10.0 Å². The molecule has 3 nitrogen and oxygen atoms in total. The molecule has 2 aromatic rings. The number of sulfonamides is 1. The predicted octanol–water partition coefficient (Wildman–Crippen LogP) is 3.59. The lowest BCUT2D eigenvalue weighted by Gasteiger charge is -2.08. The zero-order valence-electron chi connectivity index (χ0n) is 9.02. The minimum Gasteiger partial charge on any atom is -0.280 e. The summed E-state index contributed by atoms with van der Waals surface area (Å²) in [6.07, 6.45) is 0. The highest BCUT2D eigenvalue weighted by Gasteiger charge is 2.13. The molecule has 0 heterocycles. The van der Waals surface area contributed by atoms with Crippen molar-refractivity contribution in [2.24, 2.45) is 0 Å². The predicted molar refractivity (Wildman–Crippen MR) is 72.5 cm³/mol. The first-order valence-electron chi connectivity index (χ1n) is 4.92. The number of hydrogen-bond donors (Lipinski definition) is 1. The fourth-order valence-corrected chi connectivity index (χ4v) is 2.94. The van der Waals surface area contributed by atoms with E-state index in [1.807, 2.05) is 0 Å². The van der Waals surface area contributed by atoms with E-state index in [1.54, 1.807) is 0 Å². The SMILES string of the molecule is O=S(=O)(Nc1cc(Cl)cc(Cl)c1)c1cc[c]cc1. The molecule has 2 rings (SSSR count). The van der Waals surface area contributed by atoms with Crippen LogP contribution in [0.1, 0.15) is 0 Å².